The van der Waals surface area contributed by atoms with Crippen molar-refractivity contribution in [1.82, 2.24) is 5.32 Å². The summed E-state index contributed by atoms with van der Waals surface area (Å²) in [5.74, 6) is 0. The van der Waals surface area contributed by atoms with E-state index in [0.29, 0.717) is 5.56 Å². The van der Waals surface area contributed by atoms with E-state index in [1.165, 1.54) is 0 Å². The van der Waals surface area contributed by atoms with E-state index in [9.17, 15) is 9.59 Å². The van der Waals surface area contributed by atoms with Gasteiger partial charge in [0.1, 0.15) is 17.4 Å². The Balaban J connectivity index is 2.31. The predicted octanol–water partition coefficient (Wildman–Crippen LogP) is 3.78. The Bertz CT molecular complexity index is 703. The van der Waals surface area contributed by atoms with Crippen molar-refractivity contribution in [2.75, 3.05) is 0 Å². The summed E-state index contributed by atoms with van der Waals surface area (Å²) in [7, 11) is 0. The van der Waals surface area contributed by atoms with Crippen LogP contribution < -0.4 is 5.32 Å². The number of hydrogen-bond donors (Lipinski definition) is 1. The molecule has 1 amide bonds. The van der Waals surface area contributed by atoms with Crippen LogP contribution in [0.3, 0.4) is 0 Å². The SMILES string of the molecule is CC(C)(C)OC(=O)NC(C)(C=O)c1ccc2ccccc2c1. The minimum atomic E-state index is -1.13. The molecule has 1 atom stereocenters. The van der Waals surface area contributed by atoms with Gasteiger partial charge >= 0.3 is 6.09 Å². The van der Waals surface area contributed by atoms with E-state index in [1.54, 1.807) is 27.7 Å². The molecule has 4 nitrogen and oxygen atoms in total. The Kier molecular flexibility index (Phi) is 4.22. The molecule has 0 saturated carbocycles. The average molecular weight is 299 g/mol. The standard InChI is InChI=1S/C18H21NO3/c1-17(2,3)22-16(21)19-18(4,12-20)15-10-9-13-7-5-6-8-14(13)11-15/h5-12H,1-4H3,(H,19,21). The number of ether oxygens (including phenoxy) is 1. The summed E-state index contributed by atoms with van der Waals surface area (Å²) in [4.78, 5) is 23.6. The molecule has 116 valence electrons. The van der Waals surface area contributed by atoms with Gasteiger partial charge in [0, 0.05) is 0 Å². The Morgan fingerprint density at radius 3 is 2.27 bits per heavy atom. The van der Waals surface area contributed by atoms with Crippen molar-refractivity contribution in [2.45, 2.75) is 38.8 Å². The van der Waals surface area contributed by atoms with Crippen molar-refractivity contribution in [1.29, 1.82) is 0 Å². The van der Waals surface area contributed by atoms with Crippen molar-refractivity contribution < 1.29 is 14.3 Å². The third-order valence-corrected chi connectivity index (χ3v) is 3.35. The summed E-state index contributed by atoms with van der Waals surface area (Å²) in [5.41, 5.74) is -1.03. The van der Waals surface area contributed by atoms with Crippen molar-refractivity contribution in [3.05, 3.63) is 48.0 Å². The first-order valence-electron chi connectivity index (χ1n) is 7.20. The van der Waals surface area contributed by atoms with E-state index >= 15 is 0 Å². The van der Waals surface area contributed by atoms with Crippen LogP contribution in [0, 0.1) is 0 Å². The molecule has 0 bridgehead atoms. The molecule has 0 aliphatic carbocycles. The van der Waals surface area contributed by atoms with Gasteiger partial charge in [-0.1, -0.05) is 36.4 Å². The summed E-state index contributed by atoms with van der Waals surface area (Å²) in [6.07, 6.45) is 0.108. The number of carbonyl (C=O) groups excluding carboxylic acids is 2. The Morgan fingerprint density at radius 1 is 1.05 bits per heavy atom. The zero-order valence-electron chi connectivity index (χ0n) is 13.3. The van der Waals surface area contributed by atoms with Crippen LogP contribution in [0.25, 0.3) is 10.8 Å². The maximum absolute atomic E-state index is 12.0. The molecule has 2 rings (SSSR count). The monoisotopic (exact) mass is 299 g/mol. The van der Waals surface area contributed by atoms with Crippen LogP contribution in [0.5, 0.6) is 0 Å². The van der Waals surface area contributed by atoms with Crippen LogP contribution >= 0.6 is 0 Å². The van der Waals surface area contributed by atoms with Gasteiger partial charge in [0.05, 0.1) is 0 Å². The van der Waals surface area contributed by atoms with Crippen LogP contribution in [0.4, 0.5) is 4.79 Å². The van der Waals surface area contributed by atoms with Crippen molar-refractivity contribution in [2.24, 2.45) is 0 Å². The van der Waals surface area contributed by atoms with Crippen LogP contribution in [0.2, 0.25) is 0 Å². The van der Waals surface area contributed by atoms with Gasteiger partial charge in [-0.2, -0.15) is 0 Å². The largest absolute Gasteiger partial charge is 0.444 e. The van der Waals surface area contributed by atoms with Gasteiger partial charge in [-0.15, -0.1) is 0 Å². The van der Waals surface area contributed by atoms with Crippen molar-refractivity contribution in [3.8, 4) is 0 Å². The molecule has 2 aromatic carbocycles. The van der Waals surface area contributed by atoms with Gasteiger partial charge in [0.2, 0.25) is 0 Å². The zero-order chi connectivity index (χ0) is 16.4. The topological polar surface area (TPSA) is 55.4 Å². The molecule has 1 N–H and O–H groups in total. The molecule has 4 heteroatoms. The molecule has 0 aliphatic rings. The third kappa shape index (κ3) is 3.64. The lowest BCUT2D eigenvalue weighted by Gasteiger charge is -2.28. The first kappa shape index (κ1) is 16.0. The van der Waals surface area contributed by atoms with Gasteiger partial charge in [0.25, 0.3) is 0 Å². The maximum Gasteiger partial charge on any atom is 0.408 e. The Morgan fingerprint density at radius 2 is 1.68 bits per heavy atom. The van der Waals surface area contributed by atoms with Gasteiger partial charge in [-0.05, 0) is 50.1 Å². The summed E-state index contributed by atoms with van der Waals surface area (Å²) in [6.45, 7) is 7.00. The number of benzene rings is 2. The molecule has 0 fully saturated rings. The lowest BCUT2D eigenvalue weighted by atomic mass is 9.92. The molecule has 0 radical (unpaired) electrons. The summed E-state index contributed by atoms with van der Waals surface area (Å²) >= 11 is 0. The number of nitrogens with one attached hydrogen (secondary N) is 1. The van der Waals surface area contributed by atoms with Crippen LogP contribution in [-0.4, -0.2) is 18.0 Å². The van der Waals surface area contributed by atoms with Crippen LogP contribution in [-0.2, 0) is 15.1 Å². The fraction of sp³-hybridized carbons (Fsp3) is 0.333. The fourth-order valence-corrected chi connectivity index (χ4v) is 2.20. The molecule has 0 aliphatic heterocycles. The van der Waals surface area contributed by atoms with Gasteiger partial charge in [0.15, 0.2) is 0 Å². The maximum atomic E-state index is 12.0. The highest BCUT2D eigenvalue weighted by Gasteiger charge is 2.30. The van der Waals surface area contributed by atoms with E-state index in [4.69, 9.17) is 4.74 Å². The van der Waals surface area contributed by atoms with E-state index < -0.39 is 17.2 Å². The zero-order valence-corrected chi connectivity index (χ0v) is 13.3. The lowest BCUT2D eigenvalue weighted by Crippen LogP contribution is -2.46. The number of hydrogen-bond acceptors (Lipinski definition) is 3. The molecule has 0 spiro atoms. The van der Waals surface area contributed by atoms with Crippen molar-refractivity contribution in [3.63, 3.8) is 0 Å². The van der Waals surface area contributed by atoms with E-state index in [-0.39, 0.29) is 0 Å². The molecular weight excluding hydrogens is 278 g/mol. The highest BCUT2D eigenvalue weighted by atomic mass is 16.6. The van der Waals surface area contributed by atoms with Gasteiger partial charge < -0.3 is 14.8 Å². The number of alkyl carbamates (subject to hydrolysis) is 1. The number of amides is 1. The first-order valence-corrected chi connectivity index (χ1v) is 7.20. The molecule has 2 aromatic rings. The Labute approximate surface area is 130 Å². The second-order valence-corrected chi connectivity index (χ2v) is 6.51. The second-order valence-electron chi connectivity index (χ2n) is 6.51. The highest BCUT2D eigenvalue weighted by Crippen LogP contribution is 2.24. The first-order chi connectivity index (χ1) is 10.2. The molecule has 0 aromatic heterocycles. The van der Waals surface area contributed by atoms with Crippen molar-refractivity contribution >= 4 is 23.2 Å². The molecule has 1 unspecified atom stereocenters. The number of rotatable bonds is 3. The smallest absolute Gasteiger partial charge is 0.408 e. The summed E-state index contributed by atoms with van der Waals surface area (Å²) < 4.78 is 5.24. The van der Waals surface area contributed by atoms with E-state index in [0.717, 1.165) is 17.1 Å². The van der Waals surface area contributed by atoms with Gasteiger partial charge in [-0.3, -0.25) is 0 Å². The number of aldehydes is 1. The molecular formula is C18H21NO3. The Hall–Kier alpha value is -2.36. The lowest BCUT2D eigenvalue weighted by molar-refractivity contribution is -0.113. The predicted molar refractivity (Wildman–Crippen MR) is 86.7 cm³/mol. The molecule has 22 heavy (non-hydrogen) atoms. The van der Waals surface area contributed by atoms with Crippen LogP contribution in [0.1, 0.15) is 33.3 Å². The number of fused-ring (bicyclic) bond motifs is 1. The summed E-state index contributed by atoms with van der Waals surface area (Å²) in [6, 6.07) is 13.5. The average Bonchev–Trinajstić information content (AvgIpc) is 2.44. The fourth-order valence-electron chi connectivity index (χ4n) is 2.20. The molecule has 0 heterocycles. The molecule has 0 saturated heterocycles. The normalized spacial score (nSPS) is 14.2. The second kappa shape index (κ2) is 5.79. The number of carbonyl (C=O) groups is 2. The quantitative estimate of drug-likeness (QED) is 0.878. The van der Waals surface area contributed by atoms with E-state index in [2.05, 4.69) is 5.32 Å². The summed E-state index contributed by atoms with van der Waals surface area (Å²) in [5, 5.41) is 4.74. The van der Waals surface area contributed by atoms with Gasteiger partial charge in [-0.25, -0.2) is 4.79 Å². The minimum absolute atomic E-state index is 0.614. The minimum Gasteiger partial charge on any atom is -0.444 e. The highest BCUT2D eigenvalue weighted by molar-refractivity contribution is 5.85. The third-order valence-electron chi connectivity index (χ3n) is 3.35. The van der Waals surface area contributed by atoms with Crippen LogP contribution in [0.15, 0.2) is 42.5 Å². The van der Waals surface area contributed by atoms with E-state index in [1.807, 2.05) is 42.5 Å².